The average Bonchev–Trinajstić information content (AvgIpc) is 3.33. The molecule has 0 bridgehead atoms. The molecule has 10 heteroatoms. The van der Waals surface area contributed by atoms with Gasteiger partial charge in [0.25, 0.3) is 5.56 Å². The maximum atomic E-state index is 17.3. The maximum Gasteiger partial charge on any atom is 0.330 e. The second-order valence-electron chi connectivity index (χ2n) is 13.4. The predicted molar refractivity (Wildman–Crippen MR) is 183 cm³/mol. The maximum absolute atomic E-state index is 17.3. The van der Waals surface area contributed by atoms with Crippen molar-refractivity contribution >= 4 is 8.32 Å². The van der Waals surface area contributed by atoms with Crippen molar-refractivity contribution in [3.8, 4) is 5.75 Å². The topological polar surface area (TPSA) is 91.8 Å². The van der Waals surface area contributed by atoms with E-state index in [1.54, 1.807) is 7.11 Å². The Kier molecular flexibility index (Phi) is 9.61. The van der Waals surface area contributed by atoms with Crippen molar-refractivity contribution in [3.05, 3.63) is 147 Å². The van der Waals surface area contributed by atoms with Crippen molar-refractivity contribution in [2.45, 2.75) is 68.6 Å². The van der Waals surface area contributed by atoms with Crippen molar-refractivity contribution < 1.29 is 23.0 Å². The van der Waals surface area contributed by atoms with E-state index in [4.69, 9.17) is 18.6 Å². The smallest absolute Gasteiger partial charge is 0.330 e. The molecule has 8 nitrogen and oxygen atoms in total. The third-order valence-corrected chi connectivity index (χ3v) is 14.0. The highest BCUT2D eigenvalue weighted by Gasteiger charge is 2.60. The van der Waals surface area contributed by atoms with Gasteiger partial charge in [0.05, 0.1) is 13.7 Å². The third kappa shape index (κ3) is 6.43. The first-order chi connectivity index (χ1) is 22.3. The summed E-state index contributed by atoms with van der Waals surface area (Å²) in [7, 11) is -0.810. The summed E-state index contributed by atoms with van der Waals surface area (Å²) >= 11 is 0. The van der Waals surface area contributed by atoms with Crippen LogP contribution in [-0.4, -0.2) is 49.5 Å². The standard InChI is InChI=1S/C37H43FN2O6Si/c1-8-36(25-44-47(6,7)35(2,3)4)32(31(38)33(46-36)40-24-23-30(41)39-34(40)42)45-37(26-15-11-9-12-16-26,27-17-13-10-14-18-27)28-19-21-29(43-5)22-20-28/h8-24,31-33H,1,25H2,2-7H3,(H,39,41,42)/t31-,32+,33-,36-/m1/s1. The van der Waals surface area contributed by atoms with Gasteiger partial charge in [0.15, 0.2) is 20.7 Å². The second kappa shape index (κ2) is 13.2. The van der Waals surface area contributed by atoms with E-state index in [2.05, 4.69) is 45.4 Å². The lowest BCUT2D eigenvalue weighted by Gasteiger charge is -2.44. The molecule has 1 aliphatic heterocycles. The van der Waals surface area contributed by atoms with E-state index >= 15 is 4.39 Å². The molecule has 0 spiro atoms. The number of hydrogen-bond acceptors (Lipinski definition) is 6. The summed E-state index contributed by atoms with van der Waals surface area (Å²) in [4.78, 5) is 27.1. The molecule has 1 N–H and O–H groups in total. The van der Waals surface area contributed by atoms with Crippen LogP contribution in [-0.2, 0) is 19.5 Å². The molecule has 47 heavy (non-hydrogen) atoms. The number of nitrogens with zero attached hydrogens (tertiary/aromatic N) is 1. The largest absolute Gasteiger partial charge is 0.497 e. The van der Waals surface area contributed by atoms with Crippen LogP contribution in [0, 0.1) is 0 Å². The fourth-order valence-electron chi connectivity index (χ4n) is 5.69. The number of rotatable bonds is 11. The predicted octanol–water partition coefficient (Wildman–Crippen LogP) is 6.74. The summed E-state index contributed by atoms with van der Waals surface area (Å²) in [5.74, 6) is 0.650. The van der Waals surface area contributed by atoms with Crippen LogP contribution in [0.15, 0.2) is 119 Å². The molecule has 1 saturated heterocycles. The van der Waals surface area contributed by atoms with Crippen molar-refractivity contribution in [2.75, 3.05) is 13.7 Å². The molecule has 1 fully saturated rings. The van der Waals surface area contributed by atoms with Crippen LogP contribution in [0.25, 0.3) is 0 Å². The Morgan fingerprint density at radius 1 is 0.936 bits per heavy atom. The monoisotopic (exact) mass is 658 g/mol. The lowest BCUT2D eigenvalue weighted by atomic mass is 9.79. The highest BCUT2D eigenvalue weighted by molar-refractivity contribution is 6.74. The summed E-state index contributed by atoms with van der Waals surface area (Å²) in [6.07, 6.45) is -1.94. The van der Waals surface area contributed by atoms with Crippen LogP contribution in [0.4, 0.5) is 4.39 Å². The van der Waals surface area contributed by atoms with E-state index in [1.165, 1.54) is 12.3 Å². The number of hydrogen-bond donors (Lipinski definition) is 1. The number of aromatic nitrogens is 2. The summed E-state index contributed by atoms with van der Waals surface area (Å²) in [5, 5.41) is -0.157. The van der Waals surface area contributed by atoms with Gasteiger partial charge in [0.2, 0.25) is 0 Å². The van der Waals surface area contributed by atoms with Crippen LogP contribution in [0.2, 0.25) is 18.1 Å². The van der Waals surface area contributed by atoms with Gasteiger partial charge in [0, 0.05) is 12.3 Å². The zero-order valence-electron chi connectivity index (χ0n) is 27.7. The Hall–Kier alpha value is -4.09. The number of methoxy groups -OCH3 is 1. The number of benzene rings is 3. The van der Waals surface area contributed by atoms with Crippen LogP contribution in [0.5, 0.6) is 5.75 Å². The third-order valence-electron chi connectivity index (χ3n) is 9.48. The van der Waals surface area contributed by atoms with Gasteiger partial charge >= 0.3 is 5.69 Å². The number of nitrogens with one attached hydrogen (secondary N) is 1. The minimum absolute atomic E-state index is 0.0744. The van der Waals surface area contributed by atoms with E-state index in [-0.39, 0.29) is 11.6 Å². The van der Waals surface area contributed by atoms with Crippen molar-refractivity contribution in [1.82, 2.24) is 9.55 Å². The fraction of sp³-hybridized carbons (Fsp3) is 0.351. The van der Waals surface area contributed by atoms with Crippen molar-refractivity contribution in [3.63, 3.8) is 0 Å². The number of alkyl halides is 1. The minimum Gasteiger partial charge on any atom is -0.497 e. The Balaban J connectivity index is 1.74. The first-order valence-corrected chi connectivity index (χ1v) is 18.5. The van der Waals surface area contributed by atoms with Crippen LogP contribution < -0.4 is 16.0 Å². The summed E-state index contributed by atoms with van der Waals surface area (Å²) in [6.45, 7) is 14.6. The second-order valence-corrected chi connectivity index (χ2v) is 18.2. The molecular weight excluding hydrogens is 615 g/mol. The van der Waals surface area contributed by atoms with E-state index in [0.717, 1.165) is 27.3 Å². The van der Waals surface area contributed by atoms with Gasteiger partial charge in [-0.25, -0.2) is 9.18 Å². The highest BCUT2D eigenvalue weighted by Crippen LogP contribution is 2.50. The van der Waals surface area contributed by atoms with Crippen molar-refractivity contribution in [1.29, 1.82) is 0 Å². The lowest BCUT2D eigenvalue weighted by Crippen LogP contribution is -2.53. The number of aromatic amines is 1. The molecule has 0 saturated carbocycles. The Labute approximate surface area is 275 Å². The van der Waals surface area contributed by atoms with Crippen LogP contribution >= 0.6 is 0 Å². The molecule has 5 rings (SSSR count). The first-order valence-electron chi connectivity index (χ1n) is 15.6. The summed E-state index contributed by atoms with van der Waals surface area (Å²) < 4.78 is 44.3. The number of ether oxygens (including phenoxy) is 3. The van der Waals surface area contributed by atoms with E-state index in [1.807, 2.05) is 84.9 Å². The molecule has 3 aromatic carbocycles. The van der Waals surface area contributed by atoms with Gasteiger partial charge in [-0.3, -0.25) is 14.3 Å². The molecule has 0 amide bonds. The molecule has 4 atom stereocenters. The van der Waals surface area contributed by atoms with E-state index in [9.17, 15) is 9.59 Å². The fourth-order valence-corrected chi connectivity index (χ4v) is 6.71. The summed E-state index contributed by atoms with van der Waals surface area (Å²) in [5.41, 5.74) is -2.10. The SMILES string of the molecule is C=C[C@]1(CO[Si](C)(C)C(C)(C)C)O[C@@H](n2ccc(=O)[nH]c2=O)[C@H](F)[C@@H]1OC(c1ccccc1)(c1ccccc1)c1ccc(OC)cc1. The molecule has 1 aliphatic rings. The molecule has 1 aromatic heterocycles. The van der Waals surface area contributed by atoms with E-state index < -0.39 is 49.3 Å². The van der Waals surface area contributed by atoms with Gasteiger partial charge in [-0.15, -0.1) is 6.58 Å². The number of H-pyrrole nitrogens is 1. The van der Waals surface area contributed by atoms with Crippen LogP contribution in [0.3, 0.4) is 0 Å². The normalized spacial score (nSPS) is 21.8. The average molecular weight is 659 g/mol. The highest BCUT2D eigenvalue weighted by atomic mass is 28.4. The number of halogens is 1. The van der Waals surface area contributed by atoms with Crippen molar-refractivity contribution in [2.24, 2.45) is 0 Å². The Morgan fingerprint density at radius 2 is 1.49 bits per heavy atom. The van der Waals surface area contributed by atoms with Gasteiger partial charge in [-0.1, -0.05) is 99.6 Å². The van der Waals surface area contributed by atoms with Gasteiger partial charge in [-0.05, 0) is 47.0 Å². The van der Waals surface area contributed by atoms with Gasteiger partial charge in [0.1, 0.15) is 23.1 Å². The molecule has 248 valence electrons. The molecule has 2 heterocycles. The molecule has 4 aromatic rings. The molecule has 0 aliphatic carbocycles. The van der Waals surface area contributed by atoms with Gasteiger partial charge < -0.3 is 18.6 Å². The Morgan fingerprint density at radius 3 is 1.98 bits per heavy atom. The Bertz CT molecular complexity index is 1750. The zero-order valence-corrected chi connectivity index (χ0v) is 28.7. The molecule has 0 unspecified atom stereocenters. The zero-order chi connectivity index (χ0) is 34.0. The minimum atomic E-state index is -2.40. The quantitative estimate of drug-likeness (QED) is 0.109. The van der Waals surface area contributed by atoms with Crippen LogP contribution in [0.1, 0.15) is 43.7 Å². The summed E-state index contributed by atoms with van der Waals surface area (Å²) in [6, 6.07) is 27.8. The van der Waals surface area contributed by atoms with E-state index in [0.29, 0.717) is 5.75 Å². The van der Waals surface area contributed by atoms with Gasteiger partial charge in [-0.2, -0.15) is 0 Å². The first kappa shape index (κ1) is 34.2. The lowest BCUT2D eigenvalue weighted by molar-refractivity contribution is -0.139. The molecule has 0 radical (unpaired) electrons. The molecular formula is C37H43FN2O6Si.